The maximum absolute atomic E-state index is 6.41. The van der Waals surface area contributed by atoms with Crippen molar-refractivity contribution < 1.29 is 0 Å². The summed E-state index contributed by atoms with van der Waals surface area (Å²) in [6.07, 6.45) is 1.81. The number of halogens is 1. The average Bonchev–Trinajstić information content (AvgIpc) is 2.46. The number of rotatable bonds is 2. The lowest BCUT2D eigenvalue weighted by Gasteiger charge is -2.14. The minimum Gasteiger partial charge on any atom is -0.320 e. The van der Waals surface area contributed by atoms with Crippen molar-refractivity contribution in [1.29, 1.82) is 0 Å². The first-order chi connectivity index (χ1) is 9.25. The molecule has 0 aliphatic heterocycles. The van der Waals surface area contributed by atoms with Crippen LogP contribution in [0.3, 0.4) is 0 Å². The molecule has 94 valence electrons. The quantitative estimate of drug-likeness (QED) is 0.705. The molecule has 2 N–H and O–H groups in total. The van der Waals surface area contributed by atoms with Gasteiger partial charge in [-0.05, 0) is 51.9 Å². The van der Waals surface area contributed by atoms with Crippen molar-refractivity contribution in [1.82, 2.24) is 4.98 Å². The van der Waals surface area contributed by atoms with Gasteiger partial charge in [0.2, 0.25) is 0 Å². The molecule has 0 saturated carbocycles. The highest BCUT2D eigenvalue weighted by Gasteiger charge is 2.12. The van der Waals surface area contributed by atoms with Crippen LogP contribution in [-0.4, -0.2) is 4.98 Å². The van der Waals surface area contributed by atoms with Crippen LogP contribution in [0.4, 0.5) is 0 Å². The number of nitrogens with zero attached hydrogens (tertiary/aromatic N) is 1. The summed E-state index contributed by atoms with van der Waals surface area (Å²) in [5.41, 5.74) is 9.58. The first kappa shape index (κ1) is 12.6. The number of benzene rings is 2. The van der Waals surface area contributed by atoms with E-state index in [4.69, 9.17) is 5.73 Å². The van der Waals surface area contributed by atoms with Gasteiger partial charge in [-0.25, -0.2) is 0 Å². The summed E-state index contributed by atoms with van der Waals surface area (Å²) in [5.74, 6) is 0. The summed E-state index contributed by atoms with van der Waals surface area (Å²) >= 11 is 2.31. The van der Waals surface area contributed by atoms with Gasteiger partial charge in [0, 0.05) is 15.2 Å². The van der Waals surface area contributed by atoms with Gasteiger partial charge in [0.05, 0.1) is 11.6 Å². The molecule has 2 nitrogen and oxygen atoms in total. The second kappa shape index (κ2) is 5.27. The second-order valence-corrected chi connectivity index (χ2v) is 5.70. The fourth-order valence-corrected chi connectivity index (χ4v) is 2.83. The Morgan fingerprint density at radius 3 is 2.63 bits per heavy atom. The second-order valence-electron chi connectivity index (χ2n) is 4.46. The molecule has 1 atom stereocenters. The van der Waals surface area contributed by atoms with Crippen LogP contribution in [-0.2, 0) is 0 Å². The molecule has 0 bridgehead atoms. The Labute approximate surface area is 125 Å². The molecule has 3 heteroatoms. The predicted molar refractivity (Wildman–Crippen MR) is 86.9 cm³/mol. The lowest BCUT2D eigenvalue weighted by atomic mass is 9.97. The molecule has 3 rings (SSSR count). The van der Waals surface area contributed by atoms with Crippen molar-refractivity contribution in [2.75, 3.05) is 0 Å². The Morgan fingerprint density at radius 2 is 1.79 bits per heavy atom. The molecule has 1 heterocycles. The van der Waals surface area contributed by atoms with Crippen molar-refractivity contribution in [3.63, 3.8) is 0 Å². The van der Waals surface area contributed by atoms with Crippen molar-refractivity contribution in [2.24, 2.45) is 5.73 Å². The van der Waals surface area contributed by atoms with E-state index in [1.807, 2.05) is 24.4 Å². The van der Waals surface area contributed by atoms with E-state index in [1.54, 1.807) is 0 Å². The average molecular weight is 360 g/mol. The number of aromatic nitrogens is 1. The topological polar surface area (TPSA) is 38.9 Å². The molecule has 0 amide bonds. The highest BCUT2D eigenvalue weighted by molar-refractivity contribution is 14.1. The molecule has 0 radical (unpaired) electrons. The minimum atomic E-state index is -0.145. The number of fused-ring (bicyclic) bond motifs is 1. The summed E-state index contributed by atoms with van der Waals surface area (Å²) in [7, 11) is 0. The highest BCUT2D eigenvalue weighted by Crippen LogP contribution is 2.26. The molecule has 1 unspecified atom stereocenters. The standard InChI is InChI=1S/C16H13IN2/c17-13-7-1-5-12(10-13)15(18)14-8-2-4-11-6-3-9-19-16(11)14/h1-10,15H,18H2. The van der Waals surface area contributed by atoms with Crippen molar-refractivity contribution in [3.05, 3.63) is 75.5 Å². The summed E-state index contributed by atoms with van der Waals surface area (Å²) < 4.78 is 1.19. The number of nitrogens with two attached hydrogens (primary N) is 1. The Bertz CT molecular complexity index is 719. The number of hydrogen-bond donors (Lipinski definition) is 1. The maximum atomic E-state index is 6.41. The molecule has 0 saturated heterocycles. The minimum absolute atomic E-state index is 0.145. The normalized spacial score (nSPS) is 12.5. The van der Waals surface area contributed by atoms with Crippen LogP contribution in [0.1, 0.15) is 17.2 Å². The summed E-state index contributed by atoms with van der Waals surface area (Å²) in [5, 5.41) is 1.13. The van der Waals surface area contributed by atoms with Gasteiger partial charge in [0.25, 0.3) is 0 Å². The zero-order valence-corrected chi connectivity index (χ0v) is 12.4. The molecule has 0 aliphatic carbocycles. The summed E-state index contributed by atoms with van der Waals surface area (Å²) in [6.45, 7) is 0. The first-order valence-electron chi connectivity index (χ1n) is 6.10. The van der Waals surface area contributed by atoms with Gasteiger partial charge in [0.15, 0.2) is 0 Å². The smallest absolute Gasteiger partial charge is 0.0753 e. The lowest BCUT2D eigenvalue weighted by Crippen LogP contribution is -2.12. The molecule has 3 aromatic rings. The van der Waals surface area contributed by atoms with Gasteiger partial charge < -0.3 is 5.73 Å². The van der Waals surface area contributed by atoms with Crippen LogP contribution in [0.2, 0.25) is 0 Å². The van der Waals surface area contributed by atoms with Crippen LogP contribution >= 0.6 is 22.6 Å². The largest absolute Gasteiger partial charge is 0.320 e. The zero-order chi connectivity index (χ0) is 13.2. The third kappa shape index (κ3) is 2.48. The zero-order valence-electron chi connectivity index (χ0n) is 10.3. The molecular formula is C16H13IN2. The van der Waals surface area contributed by atoms with Gasteiger partial charge >= 0.3 is 0 Å². The van der Waals surface area contributed by atoms with Gasteiger partial charge in [-0.1, -0.05) is 36.4 Å². The van der Waals surface area contributed by atoms with Crippen molar-refractivity contribution >= 4 is 33.5 Å². The summed E-state index contributed by atoms with van der Waals surface area (Å²) in [6, 6.07) is 18.3. The SMILES string of the molecule is NC(c1cccc(I)c1)c1cccc2cccnc12. The molecule has 2 aromatic carbocycles. The fourth-order valence-electron chi connectivity index (χ4n) is 2.26. The maximum Gasteiger partial charge on any atom is 0.0753 e. The van der Waals surface area contributed by atoms with Crippen LogP contribution in [0.5, 0.6) is 0 Å². The molecule has 0 fully saturated rings. The molecular weight excluding hydrogens is 347 g/mol. The predicted octanol–water partition coefficient (Wildman–Crippen LogP) is 3.89. The number of pyridine rings is 1. The number of hydrogen-bond acceptors (Lipinski definition) is 2. The van der Waals surface area contributed by atoms with Gasteiger partial charge in [-0.15, -0.1) is 0 Å². The van der Waals surface area contributed by atoms with E-state index >= 15 is 0 Å². The molecule has 0 aliphatic rings. The third-order valence-electron chi connectivity index (χ3n) is 3.21. The Balaban J connectivity index is 2.14. The lowest BCUT2D eigenvalue weighted by molar-refractivity contribution is 0.876. The first-order valence-corrected chi connectivity index (χ1v) is 7.18. The summed E-state index contributed by atoms with van der Waals surface area (Å²) in [4.78, 5) is 4.47. The molecule has 1 aromatic heterocycles. The van der Waals surface area contributed by atoms with Crippen LogP contribution in [0, 0.1) is 3.57 Å². The van der Waals surface area contributed by atoms with Crippen LogP contribution < -0.4 is 5.73 Å². The monoisotopic (exact) mass is 360 g/mol. The van der Waals surface area contributed by atoms with E-state index in [1.165, 1.54) is 3.57 Å². The molecule has 0 spiro atoms. The third-order valence-corrected chi connectivity index (χ3v) is 3.88. The van der Waals surface area contributed by atoms with E-state index < -0.39 is 0 Å². The van der Waals surface area contributed by atoms with E-state index in [2.05, 4.69) is 64.0 Å². The van der Waals surface area contributed by atoms with Gasteiger partial charge in [-0.3, -0.25) is 4.98 Å². The van der Waals surface area contributed by atoms with E-state index in [-0.39, 0.29) is 6.04 Å². The number of para-hydroxylation sites is 1. The van der Waals surface area contributed by atoms with Crippen molar-refractivity contribution in [2.45, 2.75) is 6.04 Å². The Hall–Kier alpha value is -1.46. The molecule has 19 heavy (non-hydrogen) atoms. The Kier molecular flexibility index (Phi) is 3.48. The van der Waals surface area contributed by atoms with Crippen LogP contribution in [0.15, 0.2) is 60.8 Å². The van der Waals surface area contributed by atoms with E-state index in [9.17, 15) is 0 Å². The fraction of sp³-hybridized carbons (Fsp3) is 0.0625. The van der Waals surface area contributed by atoms with E-state index in [0.717, 1.165) is 22.0 Å². The Morgan fingerprint density at radius 1 is 1.00 bits per heavy atom. The van der Waals surface area contributed by atoms with E-state index in [0.29, 0.717) is 0 Å². The van der Waals surface area contributed by atoms with Gasteiger partial charge in [0.1, 0.15) is 0 Å². The van der Waals surface area contributed by atoms with Crippen LogP contribution in [0.25, 0.3) is 10.9 Å². The van der Waals surface area contributed by atoms with Crippen molar-refractivity contribution in [3.8, 4) is 0 Å². The van der Waals surface area contributed by atoms with Gasteiger partial charge in [-0.2, -0.15) is 0 Å². The highest BCUT2D eigenvalue weighted by atomic mass is 127.